The molecule has 5 heteroatoms. The van der Waals surface area contributed by atoms with Gasteiger partial charge in [0.15, 0.2) is 5.78 Å². The molecule has 0 N–H and O–H groups in total. The van der Waals surface area contributed by atoms with Crippen LogP contribution < -0.4 is 0 Å². The van der Waals surface area contributed by atoms with Gasteiger partial charge < -0.3 is 0 Å². The van der Waals surface area contributed by atoms with Crippen molar-refractivity contribution in [2.24, 2.45) is 0 Å². The van der Waals surface area contributed by atoms with E-state index in [0.717, 1.165) is 24.2 Å². The molecule has 2 rings (SSSR count). The zero-order valence-electron chi connectivity index (χ0n) is 10.8. The third kappa shape index (κ3) is 2.99. The highest BCUT2D eigenvalue weighted by molar-refractivity contribution is 6.34. The number of ketones is 1. The van der Waals surface area contributed by atoms with E-state index in [0.29, 0.717) is 15.7 Å². The quantitative estimate of drug-likeness (QED) is 0.787. The van der Waals surface area contributed by atoms with Gasteiger partial charge in [0, 0.05) is 17.0 Å². The molecule has 1 aromatic heterocycles. The molecule has 100 valence electrons. The molecule has 1 aromatic carbocycles. The number of imidazole rings is 1. The zero-order valence-corrected chi connectivity index (χ0v) is 12.3. The first kappa shape index (κ1) is 14.1. The van der Waals surface area contributed by atoms with Gasteiger partial charge in [-0.05, 0) is 24.6 Å². The number of carbonyl (C=O) groups is 1. The maximum atomic E-state index is 11.8. The molecule has 3 nitrogen and oxygen atoms in total. The number of hydrogen-bond acceptors (Lipinski definition) is 2. The average Bonchev–Trinajstić information content (AvgIpc) is 2.72. The smallest absolute Gasteiger partial charge is 0.178 e. The Morgan fingerprint density at radius 3 is 2.42 bits per heavy atom. The molecule has 0 amide bonds. The van der Waals surface area contributed by atoms with Gasteiger partial charge in [-0.25, -0.2) is 4.98 Å². The van der Waals surface area contributed by atoms with Crippen LogP contribution in [0.4, 0.5) is 0 Å². The lowest BCUT2D eigenvalue weighted by Crippen LogP contribution is -2.06. The number of carbonyl (C=O) groups excluding carboxylic acids is 1. The molecule has 1 heterocycles. The normalized spacial score (nSPS) is 10.7. The number of halogens is 2. The minimum Gasteiger partial charge on any atom is -0.296 e. The minimum absolute atomic E-state index is 0.0166. The third-order valence-electron chi connectivity index (χ3n) is 2.79. The molecular weight excluding hydrogens is 283 g/mol. The lowest BCUT2D eigenvalue weighted by Gasteiger charge is -2.08. The molecule has 0 fully saturated rings. The fourth-order valence-electron chi connectivity index (χ4n) is 2.05. The van der Waals surface area contributed by atoms with E-state index in [2.05, 4.69) is 11.9 Å². The summed E-state index contributed by atoms with van der Waals surface area (Å²) in [7, 11) is 0. The molecule has 0 radical (unpaired) electrons. The highest BCUT2D eigenvalue weighted by atomic mass is 35.5. The summed E-state index contributed by atoms with van der Waals surface area (Å²) in [4.78, 5) is 16.2. The number of nitrogens with zero attached hydrogens (tertiary/aromatic N) is 2. The van der Waals surface area contributed by atoms with Crippen LogP contribution in [-0.2, 0) is 6.42 Å². The van der Waals surface area contributed by atoms with E-state index in [4.69, 9.17) is 23.2 Å². The van der Waals surface area contributed by atoms with Crippen molar-refractivity contribution in [1.82, 2.24) is 9.55 Å². The van der Waals surface area contributed by atoms with Gasteiger partial charge >= 0.3 is 0 Å². The Bertz CT molecular complexity index is 600. The molecule has 0 aliphatic rings. The number of aryl methyl sites for hydroxylation is 1. The molecule has 0 aliphatic heterocycles. The highest BCUT2D eigenvalue weighted by Gasteiger charge is 2.16. The first-order valence-corrected chi connectivity index (χ1v) is 6.82. The largest absolute Gasteiger partial charge is 0.296 e. The van der Waals surface area contributed by atoms with Crippen molar-refractivity contribution in [2.75, 3.05) is 0 Å². The topological polar surface area (TPSA) is 34.9 Å². The second-order valence-electron chi connectivity index (χ2n) is 4.34. The maximum absolute atomic E-state index is 11.8. The summed E-state index contributed by atoms with van der Waals surface area (Å²) in [6, 6.07) is 5.18. The lowest BCUT2D eigenvalue weighted by atomic mass is 10.1. The first-order chi connectivity index (χ1) is 9.02. The summed E-state index contributed by atoms with van der Waals surface area (Å²) in [6.07, 6.45) is 3.35. The van der Waals surface area contributed by atoms with E-state index in [1.54, 1.807) is 36.0 Å². The fourth-order valence-corrected chi connectivity index (χ4v) is 2.57. The van der Waals surface area contributed by atoms with Crippen molar-refractivity contribution in [2.45, 2.75) is 26.7 Å². The van der Waals surface area contributed by atoms with Crippen LogP contribution in [0.25, 0.3) is 5.69 Å². The molecule has 0 saturated carbocycles. The van der Waals surface area contributed by atoms with Crippen molar-refractivity contribution in [1.29, 1.82) is 0 Å². The van der Waals surface area contributed by atoms with Crippen molar-refractivity contribution >= 4 is 29.0 Å². The number of hydrogen-bond donors (Lipinski definition) is 0. The molecule has 0 unspecified atom stereocenters. The number of Topliss-reactive ketones (excluding diaryl/α,β-unsaturated/α-hetero) is 1. The minimum atomic E-state index is -0.0166. The Hall–Kier alpha value is -1.32. The van der Waals surface area contributed by atoms with Crippen LogP contribution in [0.1, 0.15) is 36.5 Å². The SMILES string of the molecule is CCCc1ncn(-c2cc(Cl)cc(Cl)c2)c1C(C)=O. The molecule has 0 aliphatic carbocycles. The van der Waals surface area contributed by atoms with Gasteiger partial charge in [-0.2, -0.15) is 0 Å². The van der Waals surface area contributed by atoms with Crippen molar-refractivity contribution in [3.8, 4) is 5.69 Å². The van der Waals surface area contributed by atoms with E-state index >= 15 is 0 Å². The Kier molecular flexibility index (Phi) is 4.27. The van der Waals surface area contributed by atoms with Gasteiger partial charge in [0.2, 0.25) is 0 Å². The second-order valence-corrected chi connectivity index (χ2v) is 5.22. The van der Waals surface area contributed by atoms with Crippen LogP contribution >= 0.6 is 23.2 Å². The van der Waals surface area contributed by atoms with Crippen molar-refractivity contribution in [3.63, 3.8) is 0 Å². The number of rotatable bonds is 4. The summed E-state index contributed by atoms with van der Waals surface area (Å²) in [5.41, 5.74) is 2.16. The monoisotopic (exact) mass is 296 g/mol. The molecule has 19 heavy (non-hydrogen) atoms. The summed E-state index contributed by atoms with van der Waals surface area (Å²) in [6.45, 7) is 3.60. The number of aromatic nitrogens is 2. The van der Waals surface area contributed by atoms with Crippen LogP contribution in [-0.4, -0.2) is 15.3 Å². The van der Waals surface area contributed by atoms with E-state index < -0.39 is 0 Å². The number of benzene rings is 1. The predicted octanol–water partition coefficient (Wildman–Crippen LogP) is 4.33. The van der Waals surface area contributed by atoms with Crippen molar-refractivity contribution < 1.29 is 4.79 Å². The van der Waals surface area contributed by atoms with E-state index in [1.165, 1.54) is 0 Å². The molecule has 0 spiro atoms. The lowest BCUT2D eigenvalue weighted by molar-refractivity contribution is 0.101. The zero-order chi connectivity index (χ0) is 14.0. The first-order valence-electron chi connectivity index (χ1n) is 6.06. The Labute approximate surface area is 122 Å². The van der Waals surface area contributed by atoms with Crippen LogP contribution in [0.2, 0.25) is 10.0 Å². The summed E-state index contributed by atoms with van der Waals surface area (Å²) < 4.78 is 1.74. The van der Waals surface area contributed by atoms with Crippen LogP contribution in [0, 0.1) is 0 Å². The standard InChI is InChI=1S/C14H14Cl2N2O/c1-3-4-13-14(9(2)19)18(8-17-13)12-6-10(15)5-11(16)7-12/h5-8H,3-4H2,1-2H3. The molecule has 0 saturated heterocycles. The second kappa shape index (κ2) is 5.76. The van der Waals surface area contributed by atoms with Crippen molar-refractivity contribution in [3.05, 3.63) is 46.0 Å². The Balaban J connectivity index is 2.58. The molecule has 0 atom stereocenters. The maximum Gasteiger partial charge on any atom is 0.178 e. The van der Waals surface area contributed by atoms with Gasteiger partial charge in [-0.3, -0.25) is 9.36 Å². The third-order valence-corrected chi connectivity index (χ3v) is 3.23. The van der Waals surface area contributed by atoms with Gasteiger partial charge in [-0.15, -0.1) is 0 Å². The van der Waals surface area contributed by atoms with Crippen LogP contribution in [0.3, 0.4) is 0 Å². The van der Waals surface area contributed by atoms with Crippen LogP contribution in [0.5, 0.6) is 0 Å². The van der Waals surface area contributed by atoms with Gasteiger partial charge in [0.1, 0.15) is 12.0 Å². The summed E-state index contributed by atoms with van der Waals surface area (Å²) in [5, 5.41) is 1.06. The Morgan fingerprint density at radius 1 is 1.26 bits per heavy atom. The van der Waals surface area contributed by atoms with Gasteiger partial charge in [0.05, 0.1) is 11.4 Å². The predicted molar refractivity (Wildman–Crippen MR) is 77.6 cm³/mol. The van der Waals surface area contributed by atoms with Crippen LogP contribution in [0.15, 0.2) is 24.5 Å². The molecular formula is C14H14Cl2N2O. The highest BCUT2D eigenvalue weighted by Crippen LogP contribution is 2.24. The van der Waals surface area contributed by atoms with E-state index in [1.807, 2.05) is 0 Å². The molecule has 0 bridgehead atoms. The average molecular weight is 297 g/mol. The Morgan fingerprint density at radius 2 is 1.89 bits per heavy atom. The summed E-state index contributed by atoms with van der Waals surface area (Å²) in [5.74, 6) is -0.0166. The van der Waals surface area contributed by atoms with E-state index in [9.17, 15) is 4.79 Å². The molecule has 2 aromatic rings. The van der Waals surface area contributed by atoms with Gasteiger partial charge in [-0.1, -0.05) is 36.5 Å². The summed E-state index contributed by atoms with van der Waals surface area (Å²) >= 11 is 12.0. The fraction of sp³-hybridized carbons (Fsp3) is 0.286. The van der Waals surface area contributed by atoms with E-state index in [-0.39, 0.29) is 5.78 Å². The van der Waals surface area contributed by atoms with Gasteiger partial charge in [0.25, 0.3) is 0 Å².